The van der Waals surface area contributed by atoms with Crippen LogP contribution in [0.5, 0.6) is 0 Å². The van der Waals surface area contributed by atoms with Crippen molar-refractivity contribution in [2.75, 3.05) is 25.6 Å². The van der Waals surface area contributed by atoms with E-state index in [0.29, 0.717) is 30.0 Å². The summed E-state index contributed by atoms with van der Waals surface area (Å²) in [6, 6.07) is 13.4. The maximum absolute atomic E-state index is 13.0. The number of carbonyl (C=O) groups excluding carboxylic acids is 2. The summed E-state index contributed by atoms with van der Waals surface area (Å²) in [6.07, 6.45) is 1.93. The number of fused-ring (bicyclic) bond motifs is 1. The molecule has 0 aliphatic rings. The highest BCUT2D eigenvalue weighted by Gasteiger charge is 2.22. The Balaban J connectivity index is 1.95. The Labute approximate surface area is 170 Å². The number of pyridine rings is 1. The maximum atomic E-state index is 13.0. The van der Waals surface area contributed by atoms with E-state index >= 15 is 0 Å². The second-order valence-electron chi connectivity index (χ2n) is 6.79. The fourth-order valence-corrected chi connectivity index (χ4v) is 3.26. The summed E-state index contributed by atoms with van der Waals surface area (Å²) >= 11 is 0. The number of aryl methyl sites for hydroxylation is 1. The fourth-order valence-electron chi connectivity index (χ4n) is 3.26. The molecule has 0 atom stereocenters. The van der Waals surface area contributed by atoms with Crippen LogP contribution in [0.25, 0.3) is 5.65 Å². The van der Waals surface area contributed by atoms with E-state index in [-0.39, 0.29) is 12.5 Å². The topological polar surface area (TPSA) is 67.2 Å². The van der Waals surface area contributed by atoms with Crippen LogP contribution in [0.2, 0.25) is 0 Å². The van der Waals surface area contributed by atoms with Crippen molar-refractivity contribution in [1.29, 1.82) is 0 Å². The largest absolute Gasteiger partial charge is 0.449 e. The smallest absolute Gasteiger partial charge is 0.415 e. The van der Waals surface area contributed by atoms with Crippen LogP contribution in [0.4, 0.5) is 10.6 Å². The van der Waals surface area contributed by atoms with Gasteiger partial charge in [-0.25, -0.2) is 9.78 Å². The van der Waals surface area contributed by atoms with E-state index in [9.17, 15) is 9.59 Å². The Morgan fingerprint density at radius 3 is 2.45 bits per heavy atom. The lowest BCUT2D eigenvalue weighted by Crippen LogP contribution is -2.29. The van der Waals surface area contributed by atoms with E-state index < -0.39 is 6.09 Å². The number of imidazole rings is 1. The Bertz CT molecular complexity index is 1010. The summed E-state index contributed by atoms with van der Waals surface area (Å²) < 4.78 is 6.91. The Kier molecular flexibility index (Phi) is 6.16. The third-order valence-corrected chi connectivity index (χ3v) is 4.71. The highest BCUT2D eigenvalue weighted by molar-refractivity contribution is 5.94. The molecule has 0 saturated heterocycles. The Morgan fingerprint density at radius 1 is 1.07 bits per heavy atom. The van der Waals surface area contributed by atoms with Crippen LogP contribution in [0, 0.1) is 0 Å². The molecule has 0 radical (unpaired) electrons. The monoisotopic (exact) mass is 394 g/mol. The van der Waals surface area contributed by atoms with Gasteiger partial charge < -0.3 is 9.64 Å². The van der Waals surface area contributed by atoms with Gasteiger partial charge in [0.05, 0.1) is 17.9 Å². The summed E-state index contributed by atoms with van der Waals surface area (Å²) in [6.45, 7) is 4.54. The average molecular weight is 394 g/mol. The number of rotatable bonds is 6. The first-order valence-corrected chi connectivity index (χ1v) is 9.67. The van der Waals surface area contributed by atoms with Crippen molar-refractivity contribution in [3.05, 3.63) is 65.5 Å². The second-order valence-corrected chi connectivity index (χ2v) is 6.79. The summed E-state index contributed by atoms with van der Waals surface area (Å²) in [5.74, 6) is 0.508. The van der Waals surface area contributed by atoms with Crippen molar-refractivity contribution < 1.29 is 14.3 Å². The minimum Gasteiger partial charge on any atom is -0.449 e. The van der Waals surface area contributed by atoms with Crippen molar-refractivity contribution >= 4 is 23.5 Å². The highest BCUT2D eigenvalue weighted by atomic mass is 16.6. The van der Waals surface area contributed by atoms with Gasteiger partial charge in [0.25, 0.3) is 5.91 Å². The van der Waals surface area contributed by atoms with Crippen molar-refractivity contribution in [1.82, 2.24) is 14.3 Å². The number of aromatic nitrogens is 2. The normalized spacial score (nSPS) is 10.8. The van der Waals surface area contributed by atoms with Crippen LogP contribution in [0.1, 0.15) is 35.5 Å². The molecular weight excluding hydrogens is 368 g/mol. The minimum absolute atomic E-state index is 0.104. The number of anilines is 1. The van der Waals surface area contributed by atoms with Gasteiger partial charge in [0, 0.05) is 26.8 Å². The number of amides is 2. The molecule has 1 aromatic carbocycles. The van der Waals surface area contributed by atoms with Gasteiger partial charge in [-0.3, -0.25) is 14.1 Å². The third kappa shape index (κ3) is 4.23. The molecule has 2 aromatic heterocycles. The van der Waals surface area contributed by atoms with E-state index in [1.807, 2.05) is 37.3 Å². The summed E-state index contributed by atoms with van der Waals surface area (Å²) in [5, 5.41) is 0. The lowest BCUT2D eigenvalue weighted by molar-refractivity contribution is 0.0784. The molecule has 0 aliphatic heterocycles. The zero-order valence-corrected chi connectivity index (χ0v) is 17.3. The quantitative estimate of drug-likeness (QED) is 0.638. The molecule has 7 nitrogen and oxygen atoms in total. The lowest BCUT2D eigenvalue weighted by atomic mass is 10.2. The Hall–Kier alpha value is -3.35. The van der Waals surface area contributed by atoms with E-state index in [2.05, 4.69) is 4.98 Å². The fraction of sp³-hybridized carbons (Fsp3) is 0.318. The molecule has 29 heavy (non-hydrogen) atoms. The van der Waals surface area contributed by atoms with Crippen LogP contribution in [-0.2, 0) is 17.7 Å². The standard InChI is InChI=1S/C22H26N4O3/c1-5-18-20(25(4)22(28)29-6-2)26-15-17(12-13-19(26)23-18)21(27)24(3)14-16-10-8-7-9-11-16/h7-13,15H,5-6,14H2,1-4H3. The maximum Gasteiger partial charge on any atom is 0.415 e. The van der Waals surface area contributed by atoms with Gasteiger partial charge in [0.2, 0.25) is 0 Å². The van der Waals surface area contributed by atoms with Crippen molar-refractivity contribution in [2.24, 2.45) is 0 Å². The first kappa shape index (κ1) is 20.4. The van der Waals surface area contributed by atoms with Gasteiger partial charge in [0.1, 0.15) is 11.5 Å². The van der Waals surface area contributed by atoms with E-state index in [1.54, 1.807) is 48.6 Å². The number of carbonyl (C=O) groups is 2. The van der Waals surface area contributed by atoms with Crippen LogP contribution in [0.15, 0.2) is 48.7 Å². The molecule has 3 aromatic rings. The molecule has 0 bridgehead atoms. The molecule has 0 unspecified atom stereocenters. The van der Waals surface area contributed by atoms with E-state index in [0.717, 1.165) is 11.3 Å². The molecule has 0 spiro atoms. The molecule has 0 fully saturated rings. The molecular formula is C22H26N4O3. The van der Waals surface area contributed by atoms with Gasteiger partial charge in [-0.05, 0) is 31.0 Å². The van der Waals surface area contributed by atoms with Gasteiger partial charge >= 0.3 is 6.09 Å². The van der Waals surface area contributed by atoms with Crippen molar-refractivity contribution in [2.45, 2.75) is 26.8 Å². The van der Waals surface area contributed by atoms with Crippen molar-refractivity contribution in [3.8, 4) is 0 Å². The highest BCUT2D eigenvalue weighted by Crippen LogP contribution is 2.24. The zero-order valence-electron chi connectivity index (χ0n) is 17.3. The van der Waals surface area contributed by atoms with Crippen LogP contribution in [-0.4, -0.2) is 47.0 Å². The summed E-state index contributed by atoms with van der Waals surface area (Å²) in [5.41, 5.74) is 3.02. The third-order valence-electron chi connectivity index (χ3n) is 4.71. The first-order chi connectivity index (χ1) is 14.0. The Morgan fingerprint density at radius 2 is 1.79 bits per heavy atom. The molecule has 2 amide bonds. The molecule has 7 heteroatoms. The predicted octanol–water partition coefficient (Wildman–Crippen LogP) is 3.76. The molecule has 2 heterocycles. The van der Waals surface area contributed by atoms with E-state index in [4.69, 9.17) is 4.74 Å². The number of nitrogens with zero attached hydrogens (tertiary/aromatic N) is 4. The molecule has 0 saturated carbocycles. The number of hydrogen-bond acceptors (Lipinski definition) is 4. The minimum atomic E-state index is -0.457. The molecule has 0 N–H and O–H groups in total. The predicted molar refractivity (Wildman–Crippen MR) is 112 cm³/mol. The van der Waals surface area contributed by atoms with Gasteiger partial charge in [-0.2, -0.15) is 0 Å². The SMILES string of the molecule is CCOC(=O)N(C)c1c(CC)nc2ccc(C(=O)N(C)Cc3ccccc3)cn12. The zero-order chi connectivity index (χ0) is 21.0. The molecule has 3 rings (SSSR count). The second kappa shape index (κ2) is 8.77. The lowest BCUT2D eigenvalue weighted by Gasteiger charge is -2.19. The number of ether oxygens (including phenoxy) is 1. The number of hydrogen-bond donors (Lipinski definition) is 0. The first-order valence-electron chi connectivity index (χ1n) is 9.67. The number of benzene rings is 1. The average Bonchev–Trinajstić information content (AvgIpc) is 3.11. The molecule has 152 valence electrons. The van der Waals surface area contributed by atoms with Crippen LogP contribution in [0.3, 0.4) is 0 Å². The van der Waals surface area contributed by atoms with Gasteiger partial charge in [-0.1, -0.05) is 37.3 Å². The van der Waals surface area contributed by atoms with Crippen molar-refractivity contribution in [3.63, 3.8) is 0 Å². The van der Waals surface area contributed by atoms with E-state index in [1.165, 1.54) is 4.90 Å². The molecule has 0 aliphatic carbocycles. The van der Waals surface area contributed by atoms with Gasteiger partial charge in [0.15, 0.2) is 0 Å². The van der Waals surface area contributed by atoms with Crippen LogP contribution < -0.4 is 4.90 Å². The summed E-state index contributed by atoms with van der Waals surface area (Å²) in [7, 11) is 3.42. The summed E-state index contributed by atoms with van der Waals surface area (Å²) in [4.78, 5) is 32.9. The van der Waals surface area contributed by atoms with Crippen LogP contribution >= 0.6 is 0 Å². The van der Waals surface area contributed by atoms with Gasteiger partial charge in [-0.15, -0.1) is 0 Å².